The van der Waals surface area contributed by atoms with Crippen LogP contribution in [-0.2, 0) is 0 Å². The van der Waals surface area contributed by atoms with Crippen molar-refractivity contribution in [3.63, 3.8) is 0 Å². The largest absolute Gasteiger partial charge is 0.301 e. The van der Waals surface area contributed by atoms with E-state index >= 15 is 0 Å². The van der Waals surface area contributed by atoms with Gasteiger partial charge in [-0.2, -0.15) is 9.80 Å². The topological polar surface area (TPSA) is 75.4 Å². The Bertz CT molecular complexity index is 1470. The van der Waals surface area contributed by atoms with Crippen molar-refractivity contribution < 1.29 is 0 Å². The number of aromatic amines is 1. The number of hydrogen-bond acceptors (Lipinski definition) is 5. The summed E-state index contributed by atoms with van der Waals surface area (Å²) < 4.78 is 1.42. The number of hydrogen-bond donors (Lipinski definition) is 1. The van der Waals surface area contributed by atoms with E-state index in [1.165, 1.54) is 21.6 Å². The predicted molar refractivity (Wildman–Crippen MR) is 125 cm³/mol. The third-order valence-corrected chi connectivity index (χ3v) is 5.90. The highest BCUT2D eigenvalue weighted by Crippen LogP contribution is 2.26. The Morgan fingerprint density at radius 3 is 2.52 bits per heavy atom. The minimum Gasteiger partial charge on any atom is -0.291 e. The van der Waals surface area contributed by atoms with Crippen molar-refractivity contribution in [2.75, 3.05) is 0 Å². The molecule has 5 aromatic rings. The van der Waals surface area contributed by atoms with Gasteiger partial charge in [0.2, 0.25) is 5.13 Å². The van der Waals surface area contributed by atoms with Crippen molar-refractivity contribution >= 4 is 33.5 Å². The normalized spacial score (nSPS) is 11.5. The Balaban J connectivity index is 1.46. The lowest BCUT2D eigenvalue weighted by Gasteiger charge is -1.97. The van der Waals surface area contributed by atoms with E-state index < -0.39 is 0 Å². The summed E-state index contributed by atoms with van der Waals surface area (Å²) in [5, 5.41) is 16.3. The molecule has 152 valence electrons. The lowest BCUT2D eigenvalue weighted by Crippen LogP contribution is -2.13. The van der Waals surface area contributed by atoms with E-state index in [4.69, 9.17) is 0 Å². The standard InChI is InChI=1S/C24H19N5OS/c1-15-7-9-18(10-8-15)21-14-31-24(25-21)29-23(30)22(16(2)28-29)27-26-20-12-11-17-5-3-4-6-19(17)13-20/h3-14,28H,1-2H3. The van der Waals surface area contributed by atoms with Gasteiger partial charge in [-0.25, -0.2) is 4.98 Å². The fourth-order valence-electron chi connectivity index (χ4n) is 3.36. The minimum absolute atomic E-state index is 0.271. The van der Waals surface area contributed by atoms with Crippen LogP contribution in [0.2, 0.25) is 0 Å². The average Bonchev–Trinajstić information content (AvgIpc) is 3.37. The van der Waals surface area contributed by atoms with Gasteiger partial charge < -0.3 is 0 Å². The number of nitrogens with zero attached hydrogens (tertiary/aromatic N) is 4. The molecule has 0 unspecified atom stereocenters. The van der Waals surface area contributed by atoms with Gasteiger partial charge in [-0.05, 0) is 36.8 Å². The molecule has 0 saturated heterocycles. The van der Waals surface area contributed by atoms with E-state index in [2.05, 4.69) is 20.3 Å². The second-order valence-electron chi connectivity index (χ2n) is 7.34. The van der Waals surface area contributed by atoms with E-state index in [-0.39, 0.29) is 11.2 Å². The van der Waals surface area contributed by atoms with Crippen molar-refractivity contribution in [2.45, 2.75) is 13.8 Å². The Labute approximate surface area is 182 Å². The predicted octanol–water partition coefficient (Wildman–Crippen LogP) is 6.47. The summed E-state index contributed by atoms with van der Waals surface area (Å²) >= 11 is 1.40. The van der Waals surface area contributed by atoms with Crippen molar-refractivity contribution in [3.05, 3.63) is 93.7 Å². The smallest absolute Gasteiger partial charge is 0.291 e. The summed E-state index contributed by atoms with van der Waals surface area (Å²) in [6.07, 6.45) is 0. The van der Waals surface area contributed by atoms with Crippen LogP contribution in [0.3, 0.4) is 0 Å². The lowest BCUT2D eigenvalue weighted by atomic mass is 10.1. The maximum atomic E-state index is 13.0. The molecule has 0 fully saturated rings. The number of H-pyrrole nitrogens is 1. The van der Waals surface area contributed by atoms with Crippen molar-refractivity contribution in [3.8, 4) is 16.4 Å². The Hall–Kier alpha value is -3.84. The van der Waals surface area contributed by atoms with Gasteiger partial charge in [0.1, 0.15) is 0 Å². The van der Waals surface area contributed by atoms with Crippen molar-refractivity contribution in [1.82, 2.24) is 14.8 Å². The first-order valence-electron chi connectivity index (χ1n) is 9.83. The van der Waals surface area contributed by atoms with Gasteiger partial charge in [0.15, 0.2) is 5.69 Å². The van der Waals surface area contributed by atoms with Crippen LogP contribution in [0.1, 0.15) is 11.3 Å². The minimum atomic E-state index is -0.271. The zero-order valence-corrected chi connectivity index (χ0v) is 17.9. The molecule has 6 nitrogen and oxygen atoms in total. The Morgan fingerprint density at radius 1 is 0.935 bits per heavy atom. The fraction of sp³-hybridized carbons (Fsp3) is 0.0833. The number of nitrogens with one attached hydrogen (secondary N) is 1. The number of aromatic nitrogens is 3. The van der Waals surface area contributed by atoms with Crippen LogP contribution in [0.5, 0.6) is 0 Å². The maximum Gasteiger partial charge on any atom is 0.301 e. The van der Waals surface area contributed by atoms with Crippen LogP contribution < -0.4 is 5.56 Å². The highest BCUT2D eigenvalue weighted by atomic mass is 32.1. The molecule has 31 heavy (non-hydrogen) atoms. The molecule has 0 radical (unpaired) electrons. The van der Waals surface area contributed by atoms with Crippen molar-refractivity contribution in [2.24, 2.45) is 10.2 Å². The molecule has 1 N–H and O–H groups in total. The van der Waals surface area contributed by atoms with E-state index in [1.807, 2.05) is 79.0 Å². The molecule has 2 heterocycles. The first-order valence-corrected chi connectivity index (χ1v) is 10.7. The van der Waals surface area contributed by atoms with Crippen molar-refractivity contribution in [1.29, 1.82) is 0 Å². The summed E-state index contributed by atoms with van der Waals surface area (Å²) in [5.41, 5.74) is 4.38. The second-order valence-corrected chi connectivity index (χ2v) is 8.18. The van der Waals surface area contributed by atoms with Crippen LogP contribution >= 0.6 is 11.3 Å². The van der Waals surface area contributed by atoms with Crippen LogP contribution in [0, 0.1) is 13.8 Å². The molecule has 7 heteroatoms. The molecule has 3 aromatic carbocycles. The number of azo groups is 1. The van der Waals surface area contributed by atoms with Crippen LogP contribution in [-0.4, -0.2) is 14.8 Å². The SMILES string of the molecule is Cc1ccc(-c2csc(-n3[nH]c(C)c(N=Nc4ccc5ccccc5c4)c3=O)n2)cc1. The third kappa shape index (κ3) is 3.71. The molecule has 0 saturated carbocycles. The molecule has 0 atom stereocenters. The summed E-state index contributed by atoms with van der Waals surface area (Å²) in [4.78, 5) is 17.6. The van der Waals surface area contributed by atoms with Gasteiger partial charge in [-0.1, -0.05) is 60.2 Å². The number of benzene rings is 3. The summed E-state index contributed by atoms with van der Waals surface area (Å²) in [6.45, 7) is 3.85. The first-order chi connectivity index (χ1) is 15.1. The molecule has 0 amide bonds. The zero-order valence-electron chi connectivity index (χ0n) is 17.0. The fourth-order valence-corrected chi connectivity index (χ4v) is 4.15. The molecule has 5 rings (SSSR count). The Morgan fingerprint density at radius 2 is 1.71 bits per heavy atom. The summed E-state index contributed by atoms with van der Waals surface area (Å²) in [7, 11) is 0. The van der Waals surface area contributed by atoms with E-state index in [9.17, 15) is 4.79 Å². The molecule has 0 aliphatic heterocycles. The molecule has 0 bridgehead atoms. The monoisotopic (exact) mass is 425 g/mol. The van der Waals surface area contributed by atoms with Gasteiger partial charge in [0.05, 0.1) is 17.1 Å². The lowest BCUT2D eigenvalue weighted by molar-refractivity contribution is 0.827. The maximum absolute atomic E-state index is 13.0. The van der Waals surface area contributed by atoms with E-state index in [1.54, 1.807) is 6.92 Å². The molecule has 0 aliphatic rings. The number of thiazole rings is 1. The van der Waals surface area contributed by atoms with Gasteiger partial charge in [0, 0.05) is 10.9 Å². The quantitative estimate of drug-likeness (QED) is 0.335. The van der Waals surface area contributed by atoms with Gasteiger partial charge in [0.25, 0.3) is 0 Å². The number of rotatable bonds is 4. The van der Waals surface area contributed by atoms with Gasteiger partial charge in [-0.15, -0.1) is 16.5 Å². The van der Waals surface area contributed by atoms with E-state index in [0.717, 1.165) is 22.0 Å². The van der Waals surface area contributed by atoms with Crippen LogP contribution in [0.25, 0.3) is 27.2 Å². The molecular weight excluding hydrogens is 406 g/mol. The van der Waals surface area contributed by atoms with Crippen LogP contribution in [0.4, 0.5) is 11.4 Å². The molecule has 0 spiro atoms. The molecular formula is C24H19N5OS. The van der Waals surface area contributed by atoms with Gasteiger partial charge >= 0.3 is 5.56 Å². The third-order valence-electron chi connectivity index (χ3n) is 5.07. The number of fused-ring (bicyclic) bond motifs is 1. The second kappa shape index (κ2) is 7.77. The molecule has 2 aromatic heterocycles. The molecule has 0 aliphatic carbocycles. The highest BCUT2D eigenvalue weighted by Gasteiger charge is 2.15. The van der Waals surface area contributed by atoms with Crippen LogP contribution in [0.15, 0.2) is 87.1 Å². The highest BCUT2D eigenvalue weighted by molar-refractivity contribution is 7.12. The van der Waals surface area contributed by atoms with Gasteiger partial charge in [-0.3, -0.25) is 9.89 Å². The zero-order chi connectivity index (χ0) is 21.4. The average molecular weight is 426 g/mol. The summed E-state index contributed by atoms with van der Waals surface area (Å²) in [5.74, 6) is 0. The Kier molecular flexibility index (Phi) is 4.80. The summed E-state index contributed by atoms with van der Waals surface area (Å²) in [6, 6.07) is 22.0. The van der Waals surface area contributed by atoms with E-state index in [0.29, 0.717) is 16.5 Å². The first kappa shape index (κ1) is 19.1. The number of aryl methyl sites for hydroxylation is 2.